The third-order valence-corrected chi connectivity index (χ3v) is 3.48. The second kappa shape index (κ2) is 8.84. The third kappa shape index (κ3) is 5.21. The first kappa shape index (κ1) is 23.6. The predicted molar refractivity (Wildman–Crippen MR) is 54.4 cm³/mol. The monoisotopic (exact) mass is 350 g/mol. The van der Waals surface area contributed by atoms with E-state index < -0.39 is 38.1 Å². The van der Waals surface area contributed by atoms with E-state index in [0.717, 1.165) is 6.92 Å². The summed E-state index contributed by atoms with van der Waals surface area (Å²) >= 11 is 0. The summed E-state index contributed by atoms with van der Waals surface area (Å²) in [5, 5.41) is 21.7. The van der Waals surface area contributed by atoms with Crippen molar-refractivity contribution in [3.8, 4) is 0 Å². The van der Waals surface area contributed by atoms with Gasteiger partial charge < -0.3 is 19.8 Å². The smallest absolute Gasteiger partial charge is 0.545 e. The molecule has 10 heteroatoms. The first-order valence-corrected chi connectivity index (χ1v) is 6.05. The van der Waals surface area contributed by atoms with Crippen molar-refractivity contribution in [1.82, 2.24) is 0 Å². The normalized spacial score (nSPS) is 10.2. The van der Waals surface area contributed by atoms with Crippen LogP contribution in [0.4, 0.5) is 0 Å². The molecule has 0 bridgehead atoms. The molecule has 0 aromatic heterocycles. The first-order valence-electron chi connectivity index (χ1n) is 4.61. The zero-order chi connectivity index (χ0) is 14.2. The molecule has 0 amide bonds. The fraction of sp³-hybridized carbons (Fsp3) is 0.200. The van der Waals surface area contributed by atoms with Crippen LogP contribution in [0.2, 0.25) is 0 Å². The van der Waals surface area contributed by atoms with E-state index in [2.05, 4.69) is 0 Å². The summed E-state index contributed by atoms with van der Waals surface area (Å²) in [6, 6.07) is 0.655. The Bertz CT molecular complexity index is 652. The molecule has 7 nitrogen and oxygen atoms in total. The Morgan fingerprint density at radius 1 is 1.05 bits per heavy atom. The largest absolute Gasteiger partial charge is 1.00 e. The minimum atomic E-state index is -4.74. The van der Waals surface area contributed by atoms with Crippen molar-refractivity contribution in [2.24, 2.45) is 0 Å². The van der Waals surface area contributed by atoms with Crippen LogP contribution >= 0.6 is 0 Å². The molecule has 0 spiro atoms. The maximum absolute atomic E-state index is 11.0. The van der Waals surface area contributed by atoms with Crippen LogP contribution in [0.1, 0.15) is 31.8 Å². The summed E-state index contributed by atoms with van der Waals surface area (Å²) in [4.78, 5) is 20.9. The van der Waals surface area contributed by atoms with E-state index in [4.69, 9.17) is 4.55 Å². The molecule has 0 aliphatic carbocycles. The van der Waals surface area contributed by atoms with Crippen LogP contribution in [-0.2, 0) is 10.1 Å². The molecule has 0 aliphatic rings. The zero-order valence-electron chi connectivity index (χ0n) is 11.4. The number of rotatable bonds is 3. The van der Waals surface area contributed by atoms with E-state index in [1.807, 2.05) is 0 Å². The molecule has 0 atom stereocenters. The zero-order valence-corrected chi connectivity index (χ0v) is 18.4. The average Bonchev–Trinajstić information content (AvgIpc) is 2.13. The number of carboxylic acids is 2. The Morgan fingerprint density at radius 3 is 1.80 bits per heavy atom. The molecule has 1 rings (SSSR count). The summed E-state index contributed by atoms with van der Waals surface area (Å²) in [5.41, 5.74) is -1.71. The predicted octanol–water partition coefficient (Wildman–Crippen LogP) is -7.71. The molecule has 0 heterocycles. The second-order valence-electron chi connectivity index (χ2n) is 3.60. The van der Waals surface area contributed by atoms with Gasteiger partial charge in [-0.15, -0.1) is 0 Å². The number of hydrogen-bond donors (Lipinski definition) is 1. The molecule has 0 saturated heterocycles. The molecule has 0 unspecified atom stereocenters. The van der Waals surface area contributed by atoms with Gasteiger partial charge in [-0.1, -0.05) is 0 Å². The van der Waals surface area contributed by atoms with Crippen molar-refractivity contribution < 1.29 is 136 Å². The fourth-order valence-electron chi connectivity index (χ4n) is 1.67. The van der Waals surface area contributed by atoms with E-state index in [9.17, 15) is 28.2 Å². The molecule has 20 heavy (non-hydrogen) atoms. The van der Waals surface area contributed by atoms with Crippen LogP contribution < -0.4 is 113 Å². The molecular formula is C10H8K2O7S. The summed E-state index contributed by atoms with van der Waals surface area (Å²) < 4.78 is 31.0. The van der Waals surface area contributed by atoms with Crippen molar-refractivity contribution in [2.45, 2.75) is 18.7 Å². The van der Waals surface area contributed by atoms with Gasteiger partial charge in [0.2, 0.25) is 0 Å². The fourth-order valence-corrected chi connectivity index (χ4v) is 2.43. The van der Waals surface area contributed by atoms with Gasteiger partial charge in [0.1, 0.15) is 0 Å². The number of carbonyl (C=O) groups is 2. The van der Waals surface area contributed by atoms with Crippen molar-refractivity contribution in [3.05, 3.63) is 28.3 Å². The van der Waals surface area contributed by atoms with Crippen LogP contribution in [-0.4, -0.2) is 24.9 Å². The van der Waals surface area contributed by atoms with Crippen LogP contribution in [0.3, 0.4) is 0 Å². The summed E-state index contributed by atoms with van der Waals surface area (Å²) in [7, 11) is -4.74. The van der Waals surface area contributed by atoms with Crippen LogP contribution in [0.5, 0.6) is 0 Å². The van der Waals surface area contributed by atoms with Gasteiger partial charge in [-0.3, -0.25) is 4.55 Å². The van der Waals surface area contributed by atoms with Crippen molar-refractivity contribution in [2.75, 3.05) is 0 Å². The number of benzene rings is 1. The molecule has 1 aromatic carbocycles. The Balaban J connectivity index is 0. The molecule has 0 fully saturated rings. The van der Waals surface area contributed by atoms with Gasteiger partial charge in [0.25, 0.3) is 10.1 Å². The minimum Gasteiger partial charge on any atom is -0.545 e. The molecule has 0 aliphatic heterocycles. The standard InChI is InChI=1S/C10H10O7S.2K/c1-4-6(9(11)12)3-7(18(15,16)17)5(2)8(4)10(13)14;;/h3H,1-2H3,(H,11,12)(H,13,14)(H,15,16,17);;/q;2*+1/p-2. The Morgan fingerprint density at radius 2 is 1.50 bits per heavy atom. The van der Waals surface area contributed by atoms with Gasteiger partial charge in [0.05, 0.1) is 16.8 Å². The number of hydrogen-bond acceptors (Lipinski definition) is 6. The van der Waals surface area contributed by atoms with Crippen molar-refractivity contribution >= 4 is 22.1 Å². The van der Waals surface area contributed by atoms with Crippen LogP contribution in [0.15, 0.2) is 11.0 Å². The maximum atomic E-state index is 11.0. The molecule has 1 N–H and O–H groups in total. The first-order chi connectivity index (χ1) is 8.07. The molecule has 0 saturated carbocycles. The maximum Gasteiger partial charge on any atom is 1.00 e. The molecular weight excluding hydrogens is 342 g/mol. The summed E-state index contributed by atoms with van der Waals surface area (Å²) in [6.45, 7) is 2.30. The Labute approximate surface area is 200 Å². The number of carbonyl (C=O) groups excluding carboxylic acids is 2. The topological polar surface area (TPSA) is 135 Å². The van der Waals surface area contributed by atoms with Crippen LogP contribution in [0.25, 0.3) is 0 Å². The van der Waals surface area contributed by atoms with Crippen molar-refractivity contribution in [1.29, 1.82) is 0 Å². The second-order valence-corrected chi connectivity index (χ2v) is 4.99. The van der Waals surface area contributed by atoms with Gasteiger partial charge in [0, 0.05) is 11.1 Å². The molecule has 1 aromatic rings. The number of aromatic carboxylic acids is 2. The van der Waals surface area contributed by atoms with Gasteiger partial charge in [-0.05, 0) is 31.0 Å². The van der Waals surface area contributed by atoms with Crippen molar-refractivity contribution in [3.63, 3.8) is 0 Å². The van der Waals surface area contributed by atoms with Crippen LogP contribution in [0, 0.1) is 13.8 Å². The van der Waals surface area contributed by atoms with E-state index >= 15 is 0 Å². The van der Waals surface area contributed by atoms with Gasteiger partial charge in [-0.25, -0.2) is 0 Å². The third-order valence-electron chi connectivity index (χ3n) is 2.50. The quantitative estimate of drug-likeness (QED) is 0.422. The SMILES string of the molecule is Cc1c(C(=O)[O-])cc(S(=O)(=O)O)c(C)c1C(=O)[O-].[K+].[K+]. The average molecular weight is 350 g/mol. The van der Waals surface area contributed by atoms with Gasteiger partial charge in [-0.2, -0.15) is 8.42 Å². The molecule has 0 radical (unpaired) electrons. The van der Waals surface area contributed by atoms with E-state index in [-0.39, 0.29) is 114 Å². The molecule has 98 valence electrons. The Kier molecular flexibility index (Phi) is 10.4. The Hall–Kier alpha value is 1.34. The number of carboxylic acid groups (broad SMARTS) is 2. The van der Waals surface area contributed by atoms with E-state index in [1.165, 1.54) is 6.92 Å². The van der Waals surface area contributed by atoms with E-state index in [1.54, 1.807) is 0 Å². The minimum absolute atomic E-state index is 0. The van der Waals surface area contributed by atoms with Gasteiger partial charge >= 0.3 is 103 Å². The van der Waals surface area contributed by atoms with E-state index in [0.29, 0.717) is 6.07 Å². The summed E-state index contributed by atoms with van der Waals surface area (Å²) in [6.07, 6.45) is 0. The van der Waals surface area contributed by atoms with Gasteiger partial charge in [0.15, 0.2) is 0 Å². The summed E-state index contributed by atoms with van der Waals surface area (Å²) in [5.74, 6) is -3.49.